The normalized spacial score (nSPS) is 10.9. The fourth-order valence-corrected chi connectivity index (χ4v) is 4.93. The van der Waals surface area contributed by atoms with Crippen LogP contribution in [0.2, 0.25) is 0 Å². The second-order valence-electron chi connectivity index (χ2n) is 10.2. The molecule has 1 aromatic rings. The summed E-state index contributed by atoms with van der Waals surface area (Å²) >= 11 is 0. The minimum absolute atomic E-state index is 0.170. The van der Waals surface area contributed by atoms with E-state index >= 15 is 0 Å². The van der Waals surface area contributed by atoms with Gasteiger partial charge in [-0.05, 0) is 99.3 Å². The van der Waals surface area contributed by atoms with Gasteiger partial charge in [-0.15, -0.1) is 0 Å². The van der Waals surface area contributed by atoms with Gasteiger partial charge in [0.25, 0.3) is 0 Å². The molecule has 1 aromatic carbocycles. The molecule has 8 heteroatoms. The second kappa shape index (κ2) is 20.1. The van der Waals surface area contributed by atoms with Gasteiger partial charge in [0.15, 0.2) is 0 Å². The summed E-state index contributed by atoms with van der Waals surface area (Å²) in [6.07, 6.45) is 13.7. The molecule has 0 aliphatic heterocycles. The highest BCUT2D eigenvalue weighted by molar-refractivity contribution is 5.67. The van der Waals surface area contributed by atoms with E-state index in [1.807, 2.05) is 0 Å². The van der Waals surface area contributed by atoms with Gasteiger partial charge in [-0.3, -0.25) is 19.2 Å². The highest BCUT2D eigenvalue weighted by Gasteiger charge is 2.14. The van der Waals surface area contributed by atoms with Crippen LogP contribution in [0.5, 0.6) is 0 Å². The summed E-state index contributed by atoms with van der Waals surface area (Å²) in [5.74, 6) is -3.10. The van der Waals surface area contributed by atoms with Gasteiger partial charge >= 0.3 is 23.9 Å². The van der Waals surface area contributed by atoms with Gasteiger partial charge in [0.05, 0.1) is 0 Å². The van der Waals surface area contributed by atoms with Gasteiger partial charge in [0.1, 0.15) is 0 Å². The molecule has 0 spiro atoms. The number of carboxylic acid groups (broad SMARTS) is 4. The first-order valence-electron chi connectivity index (χ1n) is 14.2. The summed E-state index contributed by atoms with van der Waals surface area (Å²) in [6, 6.07) is 4.37. The van der Waals surface area contributed by atoms with Crippen molar-refractivity contribution in [2.24, 2.45) is 0 Å². The van der Waals surface area contributed by atoms with Crippen LogP contribution in [0.3, 0.4) is 0 Å². The number of aliphatic carboxylic acids is 4. The smallest absolute Gasteiger partial charge is 0.303 e. The predicted octanol–water partition coefficient (Wildman–Crippen LogP) is 6.44. The Labute approximate surface area is 226 Å². The number of hydrogen-bond acceptors (Lipinski definition) is 4. The number of aryl methyl sites for hydroxylation is 2. The number of benzene rings is 1. The lowest BCUT2D eigenvalue weighted by atomic mass is 9.85. The van der Waals surface area contributed by atoms with E-state index in [0.29, 0.717) is 25.7 Å². The van der Waals surface area contributed by atoms with Crippen molar-refractivity contribution >= 4 is 23.9 Å². The maximum atomic E-state index is 10.9. The Morgan fingerprint density at radius 2 is 0.658 bits per heavy atom. The summed E-state index contributed by atoms with van der Waals surface area (Å²) in [7, 11) is 0. The predicted molar refractivity (Wildman–Crippen MR) is 146 cm³/mol. The Kier molecular flexibility index (Phi) is 17.5. The molecule has 38 heavy (non-hydrogen) atoms. The zero-order valence-electron chi connectivity index (χ0n) is 22.7. The molecule has 0 amide bonds. The zero-order valence-corrected chi connectivity index (χ0v) is 22.7. The average molecular weight is 535 g/mol. The van der Waals surface area contributed by atoms with Crippen molar-refractivity contribution in [1.82, 2.24) is 0 Å². The van der Waals surface area contributed by atoms with Crippen LogP contribution in [-0.4, -0.2) is 44.3 Å². The van der Waals surface area contributed by atoms with Crippen LogP contribution in [0, 0.1) is 0 Å². The number of carboxylic acids is 4. The second-order valence-corrected chi connectivity index (χ2v) is 10.2. The molecule has 214 valence electrons. The van der Waals surface area contributed by atoms with Crippen molar-refractivity contribution in [3.05, 3.63) is 34.4 Å². The Morgan fingerprint density at radius 1 is 0.395 bits per heavy atom. The van der Waals surface area contributed by atoms with Gasteiger partial charge in [0.2, 0.25) is 0 Å². The first-order valence-corrected chi connectivity index (χ1v) is 14.2. The van der Waals surface area contributed by atoms with E-state index in [1.54, 1.807) is 0 Å². The van der Waals surface area contributed by atoms with Gasteiger partial charge in [0, 0.05) is 25.7 Å². The minimum atomic E-state index is -0.779. The van der Waals surface area contributed by atoms with Crippen LogP contribution in [-0.2, 0) is 44.9 Å². The summed E-state index contributed by atoms with van der Waals surface area (Å²) in [6.45, 7) is 0. The summed E-state index contributed by atoms with van der Waals surface area (Å²) in [5, 5.41) is 35.7. The highest BCUT2D eigenvalue weighted by Crippen LogP contribution is 2.27. The van der Waals surface area contributed by atoms with Crippen LogP contribution in [0.4, 0.5) is 0 Å². The van der Waals surface area contributed by atoms with Crippen LogP contribution in [0.1, 0.15) is 125 Å². The Hall–Kier alpha value is -2.90. The molecule has 1 rings (SSSR count). The lowest BCUT2D eigenvalue weighted by Gasteiger charge is -2.20. The molecule has 0 unspecified atom stereocenters. The quantitative estimate of drug-likeness (QED) is 0.111. The number of carbonyl (C=O) groups is 4. The largest absolute Gasteiger partial charge is 0.481 e. The van der Waals surface area contributed by atoms with E-state index in [1.165, 1.54) is 22.3 Å². The SMILES string of the molecule is O=C(O)CCCCCc1ccc(CCCCCC(=O)O)c(CCCCCC(=O)O)c1CCCCCC(=O)O. The molecule has 0 heterocycles. The Bertz CT molecular complexity index is 806. The molecule has 0 radical (unpaired) electrons. The van der Waals surface area contributed by atoms with E-state index in [-0.39, 0.29) is 25.7 Å². The molecule has 0 aromatic heterocycles. The Morgan fingerprint density at radius 3 is 0.921 bits per heavy atom. The third-order valence-electron chi connectivity index (χ3n) is 6.93. The van der Waals surface area contributed by atoms with Crippen LogP contribution in [0.15, 0.2) is 12.1 Å². The van der Waals surface area contributed by atoms with Crippen molar-refractivity contribution in [2.75, 3.05) is 0 Å². The standard InChI is InChI=1S/C30H46O8/c31-27(32)17-9-1-5-13-23-21-22-24(14-6-2-10-18-28(33)34)26(16-8-4-12-20-30(37)38)25(23)15-7-3-11-19-29(35)36/h21-22H,1-20H2,(H,31,32)(H,33,34)(H,35,36)(H,37,38). The van der Waals surface area contributed by atoms with Gasteiger partial charge < -0.3 is 20.4 Å². The van der Waals surface area contributed by atoms with E-state index < -0.39 is 23.9 Å². The van der Waals surface area contributed by atoms with Gasteiger partial charge in [-0.1, -0.05) is 37.8 Å². The summed E-state index contributed by atoms with van der Waals surface area (Å²) in [4.78, 5) is 43.4. The fraction of sp³-hybridized carbons (Fsp3) is 0.667. The first-order chi connectivity index (χ1) is 18.2. The minimum Gasteiger partial charge on any atom is -0.481 e. The third-order valence-corrected chi connectivity index (χ3v) is 6.93. The monoisotopic (exact) mass is 534 g/mol. The molecule has 0 aliphatic carbocycles. The molecule has 0 atom stereocenters. The number of rotatable bonds is 24. The lowest BCUT2D eigenvalue weighted by Crippen LogP contribution is -2.07. The van der Waals surface area contributed by atoms with Crippen molar-refractivity contribution < 1.29 is 39.6 Å². The first kappa shape index (κ1) is 33.1. The molecular weight excluding hydrogens is 488 g/mol. The number of unbranched alkanes of at least 4 members (excludes halogenated alkanes) is 8. The van der Waals surface area contributed by atoms with Crippen molar-refractivity contribution in [1.29, 1.82) is 0 Å². The maximum absolute atomic E-state index is 10.9. The van der Waals surface area contributed by atoms with Crippen LogP contribution in [0.25, 0.3) is 0 Å². The highest BCUT2D eigenvalue weighted by atomic mass is 16.4. The lowest BCUT2D eigenvalue weighted by molar-refractivity contribution is -0.138. The van der Waals surface area contributed by atoms with Crippen molar-refractivity contribution in [3.63, 3.8) is 0 Å². The third kappa shape index (κ3) is 16.0. The molecule has 0 fully saturated rings. The summed E-state index contributed by atoms with van der Waals surface area (Å²) in [5.41, 5.74) is 5.18. The molecule has 8 nitrogen and oxygen atoms in total. The van der Waals surface area contributed by atoms with Crippen LogP contribution >= 0.6 is 0 Å². The fourth-order valence-electron chi connectivity index (χ4n) is 4.93. The van der Waals surface area contributed by atoms with Crippen molar-refractivity contribution in [3.8, 4) is 0 Å². The average Bonchev–Trinajstić information content (AvgIpc) is 2.84. The zero-order chi connectivity index (χ0) is 28.2. The molecular formula is C30H46O8. The van der Waals surface area contributed by atoms with Crippen molar-refractivity contribution in [2.45, 2.75) is 128 Å². The van der Waals surface area contributed by atoms with E-state index in [2.05, 4.69) is 12.1 Å². The van der Waals surface area contributed by atoms with E-state index in [9.17, 15) is 19.2 Å². The summed E-state index contributed by atoms with van der Waals surface area (Å²) < 4.78 is 0. The molecule has 0 bridgehead atoms. The van der Waals surface area contributed by atoms with Crippen LogP contribution < -0.4 is 0 Å². The van der Waals surface area contributed by atoms with E-state index in [4.69, 9.17) is 20.4 Å². The topological polar surface area (TPSA) is 149 Å². The molecule has 0 aliphatic rings. The van der Waals surface area contributed by atoms with E-state index in [0.717, 1.165) is 77.0 Å². The molecule has 4 N–H and O–H groups in total. The Balaban J connectivity index is 3.02. The molecule has 0 saturated carbocycles. The van der Waals surface area contributed by atoms with Gasteiger partial charge in [-0.25, -0.2) is 0 Å². The molecule has 0 saturated heterocycles. The number of hydrogen-bond donors (Lipinski definition) is 4. The van der Waals surface area contributed by atoms with Gasteiger partial charge in [-0.2, -0.15) is 0 Å². The maximum Gasteiger partial charge on any atom is 0.303 e.